The first-order valence-electron chi connectivity index (χ1n) is 10.4. The standard InChI is InChI=1S/C23H21F6N5O2/c1-3-4-15(11-30-2)10-21(36)12-33(13-21)19(35)5-6-34-14-31-20(32-34)16-7-17(22(24,25)26)9-18(8-16)23(27,28)29/h3-9,11,14,36H,2,10,12-13H2,1H3/b4-3-,6-5-,15-11+. The van der Waals surface area contributed by atoms with Crippen molar-refractivity contribution in [1.29, 1.82) is 0 Å². The topological polar surface area (TPSA) is 83.6 Å². The summed E-state index contributed by atoms with van der Waals surface area (Å²) in [6.45, 7) is 5.28. The van der Waals surface area contributed by atoms with Gasteiger partial charge in [-0.2, -0.15) is 26.3 Å². The van der Waals surface area contributed by atoms with Crippen LogP contribution in [-0.4, -0.2) is 56.1 Å². The van der Waals surface area contributed by atoms with E-state index in [1.165, 1.54) is 11.1 Å². The number of amides is 1. The maximum absolute atomic E-state index is 13.1. The molecule has 36 heavy (non-hydrogen) atoms. The van der Waals surface area contributed by atoms with Crippen LogP contribution in [0.2, 0.25) is 0 Å². The maximum atomic E-state index is 13.1. The Labute approximate surface area is 201 Å². The van der Waals surface area contributed by atoms with Crippen LogP contribution in [0, 0.1) is 0 Å². The van der Waals surface area contributed by atoms with Crippen molar-refractivity contribution < 1.29 is 36.2 Å². The lowest BCUT2D eigenvalue weighted by molar-refractivity contribution is -0.149. The van der Waals surface area contributed by atoms with Crippen molar-refractivity contribution in [1.82, 2.24) is 19.7 Å². The first-order chi connectivity index (χ1) is 16.7. The van der Waals surface area contributed by atoms with Crippen molar-refractivity contribution in [3.63, 3.8) is 0 Å². The summed E-state index contributed by atoms with van der Waals surface area (Å²) in [5, 5.41) is 14.4. The van der Waals surface area contributed by atoms with Gasteiger partial charge in [0, 0.05) is 30.5 Å². The van der Waals surface area contributed by atoms with E-state index < -0.39 is 40.6 Å². The number of allylic oxidation sites excluding steroid dienone is 2. The summed E-state index contributed by atoms with van der Waals surface area (Å²) in [5.74, 6) is -0.866. The molecule has 0 radical (unpaired) electrons. The number of aliphatic imine (C=N–C) groups is 1. The SMILES string of the molecule is C=N/C=C(\C=C/C)CC1(O)CN(C(=O)/C=C\n2cnc(-c3cc(C(F)(F)F)cc(C(F)(F)F)c3)n2)C1. The van der Waals surface area contributed by atoms with Gasteiger partial charge in [-0.1, -0.05) is 12.2 Å². The lowest BCUT2D eigenvalue weighted by atomic mass is 9.87. The lowest BCUT2D eigenvalue weighted by Crippen LogP contribution is -2.63. The lowest BCUT2D eigenvalue weighted by Gasteiger charge is -2.46. The largest absolute Gasteiger partial charge is 0.416 e. The van der Waals surface area contributed by atoms with E-state index in [-0.39, 0.29) is 31.4 Å². The zero-order valence-corrected chi connectivity index (χ0v) is 18.9. The summed E-state index contributed by atoms with van der Waals surface area (Å²) in [4.78, 5) is 21.2. The van der Waals surface area contributed by atoms with Crippen molar-refractivity contribution in [2.24, 2.45) is 4.99 Å². The van der Waals surface area contributed by atoms with Gasteiger partial charge in [0.25, 0.3) is 0 Å². The average Bonchev–Trinajstić information content (AvgIpc) is 3.24. The number of nitrogens with zero attached hydrogens (tertiary/aromatic N) is 5. The molecule has 0 unspecified atom stereocenters. The van der Waals surface area contributed by atoms with Crippen LogP contribution in [0.1, 0.15) is 24.5 Å². The number of rotatable bonds is 7. The number of carbonyl (C=O) groups excluding carboxylic acids is 1. The number of β-amino-alcohol motifs (C(OH)–C–C–N with tert-alkyl or cyclic N) is 1. The van der Waals surface area contributed by atoms with Gasteiger partial charge in [-0.15, -0.1) is 5.10 Å². The Bertz CT molecular complexity index is 1190. The molecule has 2 heterocycles. The van der Waals surface area contributed by atoms with Gasteiger partial charge in [-0.05, 0) is 37.4 Å². The van der Waals surface area contributed by atoms with E-state index in [0.717, 1.165) is 28.9 Å². The third kappa shape index (κ3) is 6.47. The number of alkyl halides is 6. The summed E-state index contributed by atoms with van der Waals surface area (Å²) in [6, 6.07) is 1.05. The summed E-state index contributed by atoms with van der Waals surface area (Å²) in [5.41, 5.74) is -3.87. The molecular formula is C23H21F6N5O2. The molecule has 1 aromatic carbocycles. The third-order valence-corrected chi connectivity index (χ3v) is 5.18. The number of benzene rings is 1. The second-order valence-corrected chi connectivity index (χ2v) is 8.14. The van der Waals surface area contributed by atoms with Crippen molar-refractivity contribution in [2.75, 3.05) is 13.1 Å². The number of hydrogen-bond acceptors (Lipinski definition) is 5. The second-order valence-electron chi connectivity index (χ2n) is 8.14. The van der Waals surface area contributed by atoms with Gasteiger partial charge >= 0.3 is 12.4 Å². The number of likely N-dealkylation sites (tertiary alicyclic amines) is 1. The van der Waals surface area contributed by atoms with Crippen LogP contribution in [0.5, 0.6) is 0 Å². The van der Waals surface area contributed by atoms with Gasteiger partial charge in [-0.25, -0.2) is 9.67 Å². The average molecular weight is 513 g/mol. The van der Waals surface area contributed by atoms with E-state index >= 15 is 0 Å². The summed E-state index contributed by atoms with van der Waals surface area (Å²) in [7, 11) is 0. The van der Waals surface area contributed by atoms with Gasteiger partial charge in [-0.3, -0.25) is 9.79 Å². The fourth-order valence-electron chi connectivity index (χ4n) is 3.60. The number of aromatic nitrogens is 3. The predicted molar refractivity (Wildman–Crippen MR) is 119 cm³/mol. The van der Waals surface area contributed by atoms with Crippen LogP contribution < -0.4 is 0 Å². The molecule has 1 aromatic heterocycles. The Balaban J connectivity index is 1.71. The zero-order valence-electron chi connectivity index (χ0n) is 18.9. The van der Waals surface area contributed by atoms with Gasteiger partial charge in [0.1, 0.15) is 11.9 Å². The third-order valence-electron chi connectivity index (χ3n) is 5.18. The summed E-state index contributed by atoms with van der Waals surface area (Å²) < 4.78 is 79.5. The normalized spacial score (nSPS) is 16.6. The minimum atomic E-state index is -5.00. The first-order valence-corrected chi connectivity index (χ1v) is 10.4. The van der Waals surface area contributed by atoms with Crippen LogP contribution in [0.4, 0.5) is 26.3 Å². The molecule has 0 saturated carbocycles. The monoisotopic (exact) mass is 513 g/mol. The fraction of sp³-hybridized carbons (Fsp3) is 0.304. The van der Waals surface area contributed by atoms with E-state index in [0.29, 0.717) is 12.1 Å². The molecule has 2 aromatic rings. The molecule has 1 saturated heterocycles. The molecule has 13 heteroatoms. The van der Waals surface area contributed by atoms with E-state index in [4.69, 9.17) is 0 Å². The minimum Gasteiger partial charge on any atom is -0.386 e. The molecular weight excluding hydrogens is 492 g/mol. The molecule has 1 N–H and O–H groups in total. The molecule has 1 aliphatic rings. The summed E-state index contributed by atoms with van der Waals surface area (Å²) in [6.07, 6.45) is -1.41. The Kier molecular flexibility index (Phi) is 7.53. The Morgan fingerprint density at radius 2 is 1.75 bits per heavy atom. The van der Waals surface area contributed by atoms with Crippen molar-refractivity contribution >= 4 is 18.8 Å². The quantitative estimate of drug-likeness (QED) is 0.254. The van der Waals surface area contributed by atoms with Gasteiger partial charge in [0.2, 0.25) is 5.91 Å². The highest BCUT2D eigenvalue weighted by Crippen LogP contribution is 2.38. The van der Waals surface area contributed by atoms with Gasteiger partial charge in [0.15, 0.2) is 5.82 Å². The van der Waals surface area contributed by atoms with Gasteiger partial charge in [0.05, 0.1) is 24.2 Å². The molecule has 192 valence electrons. The second kappa shape index (κ2) is 10.1. The molecule has 0 spiro atoms. The van der Waals surface area contributed by atoms with Crippen LogP contribution in [0.25, 0.3) is 17.6 Å². The number of halogens is 6. The van der Waals surface area contributed by atoms with Crippen LogP contribution in [-0.2, 0) is 17.1 Å². The van der Waals surface area contributed by atoms with Crippen LogP contribution >= 0.6 is 0 Å². The van der Waals surface area contributed by atoms with E-state index in [2.05, 4.69) is 21.8 Å². The molecule has 1 fully saturated rings. The molecule has 0 aliphatic carbocycles. The fourth-order valence-corrected chi connectivity index (χ4v) is 3.60. The van der Waals surface area contributed by atoms with Crippen molar-refractivity contribution in [3.8, 4) is 11.4 Å². The zero-order chi connectivity index (χ0) is 26.7. The Morgan fingerprint density at radius 1 is 1.14 bits per heavy atom. The van der Waals surface area contributed by atoms with Gasteiger partial charge < -0.3 is 10.0 Å². The van der Waals surface area contributed by atoms with Crippen LogP contribution in [0.15, 0.2) is 59.5 Å². The van der Waals surface area contributed by atoms with E-state index in [1.807, 2.05) is 0 Å². The predicted octanol–water partition coefficient (Wildman–Crippen LogP) is 4.58. The molecule has 0 bridgehead atoms. The maximum Gasteiger partial charge on any atom is 0.416 e. The molecule has 0 atom stereocenters. The smallest absolute Gasteiger partial charge is 0.386 e. The Hall–Kier alpha value is -3.74. The highest BCUT2D eigenvalue weighted by Gasteiger charge is 2.43. The van der Waals surface area contributed by atoms with Crippen molar-refractivity contribution in [3.05, 3.63) is 65.7 Å². The summed E-state index contributed by atoms with van der Waals surface area (Å²) >= 11 is 0. The van der Waals surface area contributed by atoms with Crippen LogP contribution in [0.3, 0.4) is 0 Å². The van der Waals surface area contributed by atoms with E-state index in [1.54, 1.807) is 19.1 Å². The molecule has 3 rings (SSSR count). The number of aliphatic hydroxyl groups is 1. The number of carbonyl (C=O) groups is 1. The highest BCUT2D eigenvalue weighted by atomic mass is 19.4. The number of hydrogen-bond donors (Lipinski definition) is 1. The molecule has 1 aliphatic heterocycles. The first kappa shape index (κ1) is 26.9. The molecule has 1 amide bonds. The van der Waals surface area contributed by atoms with E-state index in [9.17, 15) is 36.2 Å². The molecule has 7 nitrogen and oxygen atoms in total. The highest BCUT2D eigenvalue weighted by molar-refractivity contribution is 5.91. The van der Waals surface area contributed by atoms with Crippen molar-refractivity contribution in [2.45, 2.75) is 31.3 Å². The minimum absolute atomic E-state index is 0.0124. The Morgan fingerprint density at radius 3 is 2.28 bits per heavy atom.